The van der Waals surface area contributed by atoms with Gasteiger partial charge < -0.3 is 24.7 Å². The fraction of sp³-hybridized carbons (Fsp3) is 0.333. The van der Waals surface area contributed by atoms with Crippen molar-refractivity contribution in [1.29, 1.82) is 0 Å². The minimum atomic E-state index is -0.717. The van der Waals surface area contributed by atoms with Gasteiger partial charge in [0.25, 0.3) is 11.8 Å². The van der Waals surface area contributed by atoms with E-state index in [9.17, 15) is 19.2 Å². The molecule has 9 nitrogen and oxygen atoms in total. The molecule has 1 aromatic carbocycles. The third-order valence-electron chi connectivity index (χ3n) is 4.24. The molecule has 0 saturated carbocycles. The van der Waals surface area contributed by atoms with Crippen molar-refractivity contribution in [1.82, 2.24) is 10.2 Å². The van der Waals surface area contributed by atoms with Crippen molar-refractivity contribution in [3.8, 4) is 0 Å². The minimum Gasteiger partial charge on any atom is -0.459 e. The second-order valence-corrected chi connectivity index (χ2v) is 6.40. The fourth-order valence-corrected chi connectivity index (χ4v) is 2.58. The summed E-state index contributed by atoms with van der Waals surface area (Å²) >= 11 is 0. The van der Waals surface area contributed by atoms with Gasteiger partial charge in [0.1, 0.15) is 0 Å². The molecule has 0 aliphatic carbocycles. The van der Waals surface area contributed by atoms with Gasteiger partial charge in [0.2, 0.25) is 5.91 Å². The molecule has 9 heteroatoms. The second-order valence-electron chi connectivity index (χ2n) is 6.40. The monoisotopic (exact) mass is 415 g/mol. The number of carbonyl (C=O) groups excluding carboxylic acids is 4. The predicted molar refractivity (Wildman–Crippen MR) is 109 cm³/mol. The van der Waals surface area contributed by atoms with E-state index < -0.39 is 24.4 Å². The Morgan fingerprint density at radius 3 is 2.53 bits per heavy atom. The number of benzene rings is 1. The van der Waals surface area contributed by atoms with Gasteiger partial charge in [-0.2, -0.15) is 0 Å². The quantitative estimate of drug-likeness (QED) is 0.605. The van der Waals surface area contributed by atoms with Gasteiger partial charge in [0, 0.05) is 18.8 Å². The molecule has 0 spiro atoms. The summed E-state index contributed by atoms with van der Waals surface area (Å²) in [5, 5.41) is 5.28. The van der Waals surface area contributed by atoms with Crippen molar-refractivity contribution in [3.05, 3.63) is 53.5 Å². The highest BCUT2D eigenvalue weighted by Gasteiger charge is 2.19. The summed E-state index contributed by atoms with van der Waals surface area (Å²) in [6.45, 7) is 5.46. The van der Waals surface area contributed by atoms with Crippen LogP contribution in [0.2, 0.25) is 0 Å². The van der Waals surface area contributed by atoms with Gasteiger partial charge in [-0.05, 0) is 50.6 Å². The smallest absolute Gasteiger partial charge is 0.338 e. The summed E-state index contributed by atoms with van der Waals surface area (Å²) in [6, 6.07) is 7.78. The van der Waals surface area contributed by atoms with Gasteiger partial charge in [-0.25, -0.2) is 4.79 Å². The highest BCUT2D eigenvalue weighted by atomic mass is 16.5. The van der Waals surface area contributed by atoms with Crippen molar-refractivity contribution in [2.75, 3.05) is 31.6 Å². The number of hydrogen-bond acceptors (Lipinski definition) is 6. The van der Waals surface area contributed by atoms with Crippen LogP contribution in [-0.4, -0.2) is 54.8 Å². The number of esters is 1. The first kappa shape index (κ1) is 22.7. The predicted octanol–water partition coefficient (Wildman–Crippen LogP) is 1.98. The van der Waals surface area contributed by atoms with Crippen LogP contribution in [0, 0.1) is 6.92 Å². The first-order chi connectivity index (χ1) is 14.3. The molecule has 0 radical (unpaired) electrons. The van der Waals surface area contributed by atoms with E-state index in [0.717, 1.165) is 5.56 Å². The zero-order valence-electron chi connectivity index (χ0n) is 17.2. The molecule has 2 N–H and O–H groups in total. The number of anilines is 1. The van der Waals surface area contributed by atoms with Gasteiger partial charge in [0.05, 0.1) is 18.4 Å². The van der Waals surface area contributed by atoms with Crippen molar-refractivity contribution in [2.24, 2.45) is 0 Å². The van der Waals surface area contributed by atoms with Gasteiger partial charge in [-0.1, -0.05) is 6.07 Å². The minimum absolute atomic E-state index is 0.103. The van der Waals surface area contributed by atoms with Crippen LogP contribution in [-0.2, 0) is 14.3 Å². The summed E-state index contributed by atoms with van der Waals surface area (Å²) in [5.41, 5.74) is 1.33. The molecular weight excluding hydrogens is 390 g/mol. The number of rotatable bonds is 9. The maximum atomic E-state index is 12.4. The maximum Gasteiger partial charge on any atom is 0.338 e. The summed E-state index contributed by atoms with van der Waals surface area (Å²) in [4.78, 5) is 49.7. The first-order valence-corrected chi connectivity index (χ1v) is 9.52. The SMILES string of the molecule is CCNC(=O)CN(CC)C(=O)COC(=O)c1ccc(C)c(NC(=O)c2ccco2)c1. The average molecular weight is 415 g/mol. The molecule has 30 heavy (non-hydrogen) atoms. The summed E-state index contributed by atoms with van der Waals surface area (Å²) in [7, 11) is 0. The third kappa shape index (κ3) is 6.20. The molecule has 2 rings (SSSR count). The number of aryl methyl sites for hydroxylation is 1. The number of ether oxygens (including phenoxy) is 1. The fourth-order valence-electron chi connectivity index (χ4n) is 2.58. The lowest BCUT2D eigenvalue weighted by Gasteiger charge is -2.20. The van der Waals surface area contributed by atoms with E-state index in [1.807, 2.05) is 0 Å². The second kappa shape index (κ2) is 10.8. The Bertz CT molecular complexity index is 907. The van der Waals surface area contributed by atoms with Crippen LogP contribution >= 0.6 is 0 Å². The number of hydrogen-bond donors (Lipinski definition) is 2. The Morgan fingerprint density at radius 1 is 1.13 bits per heavy atom. The van der Waals surface area contributed by atoms with E-state index in [1.165, 1.54) is 29.4 Å². The number of carbonyl (C=O) groups is 4. The van der Waals surface area contributed by atoms with Crippen LogP contribution in [0.1, 0.15) is 40.3 Å². The largest absolute Gasteiger partial charge is 0.459 e. The Labute approximate surface area is 174 Å². The number of furan rings is 1. The first-order valence-electron chi connectivity index (χ1n) is 9.52. The van der Waals surface area contributed by atoms with Crippen molar-refractivity contribution >= 4 is 29.4 Å². The highest BCUT2D eigenvalue weighted by molar-refractivity contribution is 6.03. The summed E-state index contributed by atoms with van der Waals surface area (Å²) in [6.07, 6.45) is 1.39. The summed E-state index contributed by atoms with van der Waals surface area (Å²) < 4.78 is 10.1. The molecule has 1 aromatic heterocycles. The third-order valence-corrected chi connectivity index (χ3v) is 4.24. The van der Waals surface area contributed by atoms with Crippen molar-refractivity contribution in [3.63, 3.8) is 0 Å². The Kier molecular flexibility index (Phi) is 8.16. The molecule has 2 aromatic rings. The van der Waals surface area contributed by atoms with E-state index in [4.69, 9.17) is 9.15 Å². The number of nitrogens with zero attached hydrogens (tertiary/aromatic N) is 1. The molecule has 0 aliphatic heterocycles. The van der Waals surface area contributed by atoms with Crippen LogP contribution in [0.4, 0.5) is 5.69 Å². The number of nitrogens with one attached hydrogen (secondary N) is 2. The van der Waals surface area contributed by atoms with Gasteiger partial charge in [-0.15, -0.1) is 0 Å². The summed E-state index contributed by atoms with van der Waals surface area (Å²) in [5.74, 6) is -1.79. The van der Waals surface area contributed by atoms with Crippen LogP contribution in [0.3, 0.4) is 0 Å². The van der Waals surface area contributed by atoms with Gasteiger partial charge >= 0.3 is 5.97 Å². The lowest BCUT2D eigenvalue weighted by atomic mass is 10.1. The zero-order chi connectivity index (χ0) is 22.1. The molecule has 160 valence electrons. The Balaban J connectivity index is 1.98. The molecule has 0 atom stereocenters. The molecule has 3 amide bonds. The van der Waals surface area contributed by atoms with Crippen LogP contribution < -0.4 is 10.6 Å². The van der Waals surface area contributed by atoms with Gasteiger partial charge in [0.15, 0.2) is 12.4 Å². The van der Waals surface area contributed by atoms with Crippen LogP contribution in [0.25, 0.3) is 0 Å². The lowest BCUT2D eigenvalue weighted by molar-refractivity contribution is -0.138. The molecule has 0 fully saturated rings. The maximum absolute atomic E-state index is 12.4. The number of amides is 3. The highest BCUT2D eigenvalue weighted by Crippen LogP contribution is 2.19. The number of likely N-dealkylation sites (N-methyl/N-ethyl adjacent to an activating group) is 2. The van der Waals surface area contributed by atoms with Crippen molar-refractivity contribution < 1.29 is 28.3 Å². The van der Waals surface area contributed by atoms with Crippen LogP contribution in [0.5, 0.6) is 0 Å². The Morgan fingerprint density at radius 2 is 1.90 bits per heavy atom. The zero-order valence-corrected chi connectivity index (χ0v) is 17.2. The topological polar surface area (TPSA) is 118 Å². The van der Waals surface area contributed by atoms with E-state index in [-0.39, 0.29) is 23.8 Å². The van der Waals surface area contributed by atoms with E-state index in [0.29, 0.717) is 18.8 Å². The lowest BCUT2D eigenvalue weighted by Crippen LogP contribution is -2.42. The molecular formula is C21H25N3O6. The van der Waals surface area contributed by atoms with E-state index in [2.05, 4.69) is 10.6 Å². The molecule has 1 heterocycles. The van der Waals surface area contributed by atoms with Crippen molar-refractivity contribution in [2.45, 2.75) is 20.8 Å². The van der Waals surface area contributed by atoms with E-state index >= 15 is 0 Å². The normalized spacial score (nSPS) is 10.2. The molecule has 0 saturated heterocycles. The van der Waals surface area contributed by atoms with Gasteiger partial charge in [-0.3, -0.25) is 14.4 Å². The standard InChI is InChI=1S/C21H25N3O6/c1-4-22-18(25)12-24(5-2)19(26)13-30-21(28)15-9-8-14(3)16(11-15)23-20(27)17-7-6-10-29-17/h6-11H,4-5,12-13H2,1-3H3,(H,22,25)(H,23,27). The van der Waals surface area contributed by atoms with Crippen LogP contribution in [0.15, 0.2) is 41.0 Å². The molecule has 0 unspecified atom stereocenters. The molecule has 0 bridgehead atoms. The Hall–Kier alpha value is -3.62. The average Bonchev–Trinajstić information content (AvgIpc) is 3.26. The van der Waals surface area contributed by atoms with E-state index in [1.54, 1.807) is 32.9 Å². The molecule has 0 aliphatic rings.